The standard InChI is InChI=1S/C22H20FN3O2S/c1-3-13-7-5-8-14(11-13)24-18(27)12-26-17(4-2)25-20-19-15(23)9-6-10-16(19)29-21(20)22(26)28/h5-11H,3-4,12H2,1-2H3,(H,24,27). The van der Waals surface area contributed by atoms with Gasteiger partial charge in [0.15, 0.2) is 0 Å². The first-order chi connectivity index (χ1) is 14.0. The molecule has 7 heteroatoms. The maximum absolute atomic E-state index is 14.3. The van der Waals surface area contributed by atoms with Gasteiger partial charge in [0.25, 0.3) is 5.56 Å². The van der Waals surface area contributed by atoms with Crippen molar-refractivity contribution in [3.05, 3.63) is 70.0 Å². The lowest BCUT2D eigenvalue weighted by molar-refractivity contribution is -0.116. The van der Waals surface area contributed by atoms with Crippen LogP contribution in [0, 0.1) is 5.82 Å². The van der Waals surface area contributed by atoms with Gasteiger partial charge in [-0.15, -0.1) is 11.3 Å². The largest absolute Gasteiger partial charge is 0.325 e. The van der Waals surface area contributed by atoms with Gasteiger partial charge in [0.05, 0.1) is 10.9 Å². The molecule has 0 unspecified atom stereocenters. The molecule has 0 radical (unpaired) electrons. The molecule has 0 bridgehead atoms. The predicted octanol–water partition coefficient (Wildman–Crippen LogP) is 4.51. The smallest absolute Gasteiger partial charge is 0.272 e. The van der Waals surface area contributed by atoms with E-state index < -0.39 is 5.82 Å². The zero-order valence-electron chi connectivity index (χ0n) is 16.2. The number of benzene rings is 2. The highest BCUT2D eigenvalue weighted by Crippen LogP contribution is 2.32. The van der Waals surface area contributed by atoms with Gasteiger partial charge in [-0.1, -0.05) is 32.0 Å². The minimum absolute atomic E-state index is 0.141. The summed E-state index contributed by atoms with van der Waals surface area (Å²) >= 11 is 1.20. The summed E-state index contributed by atoms with van der Waals surface area (Å²) in [6, 6.07) is 12.4. The lowest BCUT2D eigenvalue weighted by atomic mass is 10.1. The van der Waals surface area contributed by atoms with Crippen LogP contribution in [0.4, 0.5) is 10.1 Å². The van der Waals surface area contributed by atoms with Crippen molar-refractivity contribution >= 4 is 43.2 Å². The van der Waals surface area contributed by atoms with Crippen LogP contribution in [0.5, 0.6) is 0 Å². The molecule has 148 valence electrons. The van der Waals surface area contributed by atoms with Crippen molar-refractivity contribution in [3.8, 4) is 0 Å². The summed E-state index contributed by atoms with van der Waals surface area (Å²) in [4.78, 5) is 30.3. The first kappa shape index (κ1) is 19.3. The molecule has 2 heterocycles. The second-order valence-electron chi connectivity index (χ2n) is 6.77. The first-order valence-electron chi connectivity index (χ1n) is 9.51. The first-order valence-corrected chi connectivity index (χ1v) is 10.3. The number of nitrogens with one attached hydrogen (secondary N) is 1. The van der Waals surface area contributed by atoms with Gasteiger partial charge < -0.3 is 5.32 Å². The zero-order valence-corrected chi connectivity index (χ0v) is 17.0. The fourth-order valence-electron chi connectivity index (χ4n) is 3.42. The number of anilines is 1. The summed E-state index contributed by atoms with van der Waals surface area (Å²) in [5.41, 5.74) is 1.87. The van der Waals surface area contributed by atoms with Gasteiger partial charge in [0, 0.05) is 16.8 Å². The molecular formula is C22H20FN3O2S. The highest BCUT2D eigenvalue weighted by Gasteiger charge is 2.19. The van der Waals surface area contributed by atoms with Crippen molar-refractivity contribution in [2.45, 2.75) is 33.2 Å². The van der Waals surface area contributed by atoms with Gasteiger partial charge in [-0.3, -0.25) is 14.2 Å². The van der Waals surface area contributed by atoms with E-state index in [-0.39, 0.29) is 18.0 Å². The molecule has 0 aliphatic heterocycles. The van der Waals surface area contributed by atoms with Gasteiger partial charge in [-0.05, 0) is 36.2 Å². The van der Waals surface area contributed by atoms with Gasteiger partial charge in [-0.25, -0.2) is 9.37 Å². The van der Waals surface area contributed by atoms with Crippen molar-refractivity contribution in [2.24, 2.45) is 0 Å². The Morgan fingerprint density at radius 1 is 1.17 bits per heavy atom. The maximum atomic E-state index is 14.3. The number of fused-ring (bicyclic) bond motifs is 3. The maximum Gasteiger partial charge on any atom is 0.272 e. The van der Waals surface area contributed by atoms with E-state index in [1.165, 1.54) is 22.0 Å². The van der Waals surface area contributed by atoms with Crippen LogP contribution >= 0.6 is 11.3 Å². The molecule has 2 aromatic carbocycles. The molecule has 1 N–H and O–H groups in total. The molecule has 2 aromatic heterocycles. The Hall–Kier alpha value is -3.06. The summed E-state index contributed by atoms with van der Waals surface area (Å²) in [7, 11) is 0. The summed E-state index contributed by atoms with van der Waals surface area (Å²) < 4.78 is 16.7. The second-order valence-corrected chi connectivity index (χ2v) is 7.82. The van der Waals surface area contributed by atoms with Crippen LogP contribution < -0.4 is 10.9 Å². The molecule has 0 aliphatic rings. The Bertz CT molecular complexity index is 1290. The average Bonchev–Trinajstić information content (AvgIpc) is 3.10. The normalized spacial score (nSPS) is 11.3. The van der Waals surface area contributed by atoms with Gasteiger partial charge in [0.2, 0.25) is 5.91 Å². The zero-order chi connectivity index (χ0) is 20.5. The summed E-state index contributed by atoms with van der Waals surface area (Å²) in [6.07, 6.45) is 1.32. The number of aromatic nitrogens is 2. The number of carbonyl (C=O) groups excluding carboxylic acids is 1. The minimum atomic E-state index is -0.394. The number of amides is 1. The summed E-state index contributed by atoms with van der Waals surface area (Å²) in [5.74, 6) is -0.236. The number of aryl methyl sites for hydroxylation is 2. The molecule has 5 nitrogen and oxygen atoms in total. The molecule has 0 saturated heterocycles. The number of thiophene rings is 1. The number of hydrogen-bond donors (Lipinski definition) is 1. The van der Waals surface area contributed by atoms with Crippen LogP contribution in [0.3, 0.4) is 0 Å². The third-order valence-corrected chi connectivity index (χ3v) is 6.00. The van der Waals surface area contributed by atoms with E-state index in [0.717, 1.165) is 12.0 Å². The van der Waals surface area contributed by atoms with Crippen LogP contribution in [0.1, 0.15) is 25.2 Å². The van der Waals surface area contributed by atoms with Crippen molar-refractivity contribution in [2.75, 3.05) is 5.32 Å². The molecule has 0 saturated carbocycles. The topological polar surface area (TPSA) is 64.0 Å². The molecule has 4 aromatic rings. The monoisotopic (exact) mass is 409 g/mol. The van der Waals surface area contributed by atoms with E-state index >= 15 is 0 Å². The van der Waals surface area contributed by atoms with E-state index in [9.17, 15) is 14.0 Å². The quantitative estimate of drug-likeness (QED) is 0.527. The summed E-state index contributed by atoms with van der Waals surface area (Å²) in [5, 5.41) is 3.21. The highest BCUT2D eigenvalue weighted by molar-refractivity contribution is 7.25. The predicted molar refractivity (Wildman–Crippen MR) is 115 cm³/mol. The van der Waals surface area contributed by atoms with Crippen LogP contribution in [0.25, 0.3) is 20.3 Å². The summed E-state index contributed by atoms with van der Waals surface area (Å²) in [6.45, 7) is 3.76. The van der Waals surface area contributed by atoms with Crippen molar-refractivity contribution < 1.29 is 9.18 Å². The van der Waals surface area contributed by atoms with E-state index in [1.54, 1.807) is 12.1 Å². The Morgan fingerprint density at radius 2 is 1.97 bits per heavy atom. The number of hydrogen-bond acceptors (Lipinski definition) is 4. The fourth-order valence-corrected chi connectivity index (χ4v) is 4.52. The molecule has 0 spiro atoms. The third kappa shape index (κ3) is 3.53. The second kappa shape index (κ2) is 7.75. The molecule has 29 heavy (non-hydrogen) atoms. The SMILES string of the molecule is CCc1cccc(NC(=O)Cn2c(CC)nc3c(sc4cccc(F)c43)c2=O)c1. The van der Waals surface area contributed by atoms with E-state index in [0.29, 0.717) is 38.2 Å². The fraction of sp³-hybridized carbons (Fsp3) is 0.227. The third-order valence-electron chi connectivity index (χ3n) is 4.87. The lowest BCUT2D eigenvalue weighted by Crippen LogP contribution is -2.30. The van der Waals surface area contributed by atoms with Gasteiger partial charge >= 0.3 is 0 Å². The molecule has 4 rings (SSSR count). The van der Waals surface area contributed by atoms with Crippen LogP contribution in [0.2, 0.25) is 0 Å². The van der Waals surface area contributed by atoms with Crippen molar-refractivity contribution in [1.82, 2.24) is 9.55 Å². The van der Waals surface area contributed by atoms with Crippen LogP contribution in [-0.4, -0.2) is 15.5 Å². The molecule has 0 atom stereocenters. The Balaban J connectivity index is 1.74. The molecular weight excluding hydrogens is 389 g/mol. The number of halogens is 1. The number of carbonyl (C=O) groups is 1. The van der Waals surface area contributed by atoms with Gasteiger partial charge in [-0.2, -0.15) is 0 Å². The highest BCUT2D eigenvalue weighted by atomic mass is 32.1. The average molecular weight is 409 g/mol. The minimum Gasteiger partial charge on any atom is -0.325 e. The Labute approximate surface area is 170 Å². The van der Waals surface area contributed by atoms with E-state index in [1.807, 2.05) is 38.1 Å². The number of nitrogens with zero attached hydrogens (tertiary/aromatic N) is 2. The van der Waals surface area contributed by atoms with Crippen LogP contribution in [0.15, 0.2) is 47.3 Å². The van der Waals surface area contributed by atoms with Crippen molar-refractivity contribution in [3.63, 3.8) is 0 Å². The van der Waals surface area contributed by atoms with E-state index in [4.69, 9.17) is 0 Å². The molecule has 0 aliphatic carbocycles. The Kier molecular flexibility index (Phi) is 5.15. The molecule has 1 amide bonds. The molecule has 0 fully saturated rings. The van der Waals surface area contributed by atoms with Gasteiger partial charge in [0.1, 0.15) is 22.9 Å². The lowest BCUT2D eigenvalue weighted by Gasteiger charge is -2.12. The van der Waals surface area contributed by atoms with Crippen LogP contribution in [-0.2, 0) is 24.2 Å². The van der Waals surface area contributed by atoms with E-state index in [2.05, 4.69) is 10.3 Å². The van der Waals surface area contributed by atoms with Crippen molar-refractivity contribution in [1.29, 1.82) is 0 Å². The number of rotatable bonds is 5. The Morgan fingerprint density at radius 3 is 2.72 bits per heavy atom.